The molecule has 8 heteroatoms. The lowest BCUT2D eigenvalue weighted by Gasteiger charge is -2.29. The average Bonchev–Trinajstić information content (AvgIpc) is 3.27. The van der Waals surface area contributed by atoms with Crippen LogP contribution >= 0.6 is 11.6 Å². The predicted octanol–water partition coefficient (Wildman–Crippen LogP) is 3.60. The molecule has 0 saturated carbocycles. The van der Waals surface area contributed by atoms with Crippen LogP contribution in [-0.2, 0) is 9.47 Å². The number of nitrogens with one attached hydrogen (secondary N) is 1. The van der Waals surface area contributed by atoms with Crippen LogP contribution in [0.2, 0.25) is 5.02 Å². The summed E-state index contributed by atoms with van der Waals surface area (Å²) in [6, 6.07) is 13.7. The number of aromatic hydroxyl groups is 1. The summed E-state index contributed by atoms with van der Waals surface area (Å²) < 4.78 is 10.7. The normalized spacial score (nSPS) is 15.9. The number of aromatic amines is 1. The zero-order chi connectivity index (χ0) is 20.5. The number of fused-ring (bicyclic) bond motifs is 1. The molecular formula is C21H20ClN3O4. The Labute approximate surface area is 172 Å². The number of benzene rings is 2. The van der Waals surface area contributed by atoms with E-state index in [0.717, 1.165) is 16.7 Å². The summed E-state index contributed by atoms with van der Waals surface area (Å²) in [5, 5.41) is 17.5. The summed E-state index contributed by atoms with van der Waals surface area (Å²) in [5.41, 5.74) is 3.55. The van der Waals surface area contributed by atoms with E-state index in [1.807, 2.05) is 12.1 Å². The molecule has 1 aliphatic heterocycles. The molecule has 0 bridgehead atoms. The minimum absolute atomic E-state index is 0.163. The fourth-order valence-corrected chi connectivity index (χ4v) is 3.75. The maximum absolute atomic E-state index is 13.2. The molecule has 2 N–H and O–H groups in total. The van der Waals surface area contributed by atoms with Crippen molar-refractivity contribution < 1.29 is 19.4 Å². The van der Waals surface area contributed by atoms with E-state index in [9.17, 15) is 9.90 Å². The Morgan fingerprint density at radius 2 is 1.79 bits per heavy atom. The minimum atomic E-state index is -0.567. The molecule has 1 aliphatic rings. The predicted molar refractivity (Wildman–Crippen MR) is 108 cm³/mol. The number of hydrogen-bond donors (Lipinski definition) is 2. The standard InChI is InChI=1S/C21H20ClN3O4/c1-28-16(29-2)11-25-20(13-3-7-14(22)8-4-13)17-18(23-24-19(17)21(25)27)12-5-9-15(26)10-6-12/h3-10,16,20,26H,11H2,1-2H3,(H,23,24). The number of methoxy groups -OCH3 is 2. The van der Waals surface area contributed by atoms with Crippen molar-refractivity contribution in [1.82, 2.24) is 15.1 Å². The third kappa shape index (κ3) is 3.48. The van der Waals surface area contributed by atoms with E-state index in [-0.39, 0.29) is 24.2 Å². The molecule has 1 amide bonds. The van der Waals surface area contributed by atoms with Crippen molar-refractivity contribution in [3.8, 4) is 17.0 Å². The number of phenols is 1. The van der Waals surface area contributed by atoms with Gasteiger partial charge >= 0.3 is 0 Å². The van der Waals surface area contributed by atoms with Gasteiger partial charge in [0.05, 0.1) is 18.3 Å². The van der Waals surface area contributed by atoms with Gasteiger partial charge in [-0.3, -0.25) is 9.89 Å². The van der Waals surface area contributed by atoms with Gasteiger partial charge < -0.3 is 19.5 Å². The number of ether oxygens (including phenoxy) is 2. The first-order chi connectivity index (χ1) is 14.0. The molecule has 0 aliphatic carbocycles. The van der Waals surface area contributed by atoms with Crippen LogP contribution in [0.4, 0.5) is 0 Å². The van der Waals surface area contributed by atoms with Crippen molar-refractivity contribution in [3.05, 3.63) is 70.4 Å². The van der Waals surface area contributed by atoms with Crippen LogP contribution in [0.5, 0.6) is 5.75 Å². The van der Waals surface area contributed by atoms with Gasteiger partial charge in [0.25, 0.3) is 5.91 Å². The van der Waals surface area contributed by atoms with Crippen molar-refractivity contribution in [3.63, 3.8) is 0 Å². The summed E-state index contributed by atoms with van der Waals surface area (Å²) in [6.07, 6.45) is -0.567. The van der Waals surface area contributed by atoms with Crippen molar-refractivity contribution in [2.75, 3.05) is 20.8 Å². The van der Waals surface area contributed by atoms with Gasteiger partial charge in [0.15, 0.2) is 6.29 Å². The third-order valence-corrected chi connectivity index (χ3v) is 5.31. The van der Waals surface area contributed by atoms with Gasteiger partial charge in [0, 0.05) is 30.4 Å². The molecule has 0 radical (unpaired) electrons. The number of carbonyl (C=O) groups excluding carboxylic acids is 1. The number of aromatic nitrogens is 2. The lowest BCUT2D eigenvalue weighted by Crippen LogP contribution is -2.38. The van der Waals surface area contributed by atoms with Crippen molar-refractivity contribution in [1.29, 1.82) is 0 Å². The van der Waals surface area contributed by atoms with Crippen molar-refractivity contribution >= 4 is 17.5 Å². The number of nitrogens with zero attached hydrogens (tertiary/aromatic N) is 2. The number of phenolic OH excluding ortho intramolecular Hbond substituents is 1. The van der Waals surface area contributed by atoms with Crippen LogP contribution < -0.4 is 0 Å². The van der Waals surface area contributed by atoms with Gasteiger partial charge in [0.2, 0.25) is 0 Å². The van der Waals surface area contributed by atoms with Gasteiger partial charge in [0.1, 0.15) is 11.4 Å². The molecule has 2 heterocycles. The largest absolute Gasteiger partial charge is 0.508 e. The SMILES string of the molecule is COC(CN1C(=O)c2[nH]nc(-c3ccc(O)cc3)c2C1c1ccc(Cl)cc1)OC. The van der Waals surface area contributed by atoms with E-state index < -0.39 is 6.29 Å². The maximum Gasteiger partial charge on any atom is 0.273 e. The third-order valence-electron chi connectivity index (χ3n) is 5.06. The second-order valence-electron chi connectivity index (χ2n) is 6.72. The highest BCUT2D eigenvalue weighted by atomic mass is 35.5. The smallest absolute Gasteiger partial charge is 0.273 e. The molecule has 0 saturated heterocycles. The highest BCUT2D eigenvalue weighted by molar-refractivity contribution is 6.30. The summed E-state index contributed by atoms with van der Waals surface area (Å²) >= 11 is 6.07. The zero-order valence-corrected chi connectivity index (χ0v) is 16.7. The summed E-state index contributed by atoms with van der Waals surface area (Å²) in [6.45, 7) is 0.247. The Morgan fingerprint density at radius 1 is 1.14 bits per heavy atom. The molecular weight excluding hydrogens is 394 g/mol. The Bertz CT molecular complexity index is 1010. The van der Waals surface area contributed by atoms with E-state index in [1.165, 1.54) is 14.2 Å². The number of rotatable bonds is 6. The first-order valence-corrected chi connectivity index (χ1v) is 9.41. The fraction of sp³-hybridized carbons (Fsp3) is 0.238. The fourth-order valence-electron chi connectivity index (χ4n) is 3.62. The molecule has 1 atom stereocenters. The molecule has 0 fully saturated rings. The number of hydrogen-bond acceptors (Lipinski definition) is 5. The number of H-pyrrole nitrogens is 1. The highest BCUT2D eigenvalue weighted by Gasteiger charge is 2.43. The van der Waals surface area contributed by atoms with Gasteiger partial charge in [-0.15, -0.1) is 0 Å². The summed E-state index contributed by atoms with van der Waals surface area (Å²) in [5.74, 6) is -0.0208. The Hall–Kier alpha value is -2.87. The number of carbonyl (C=O) groups is 1. The van der Waals surface area contributed by atoms with E-state index in [1.54, 1.807) is 41.3 Å². The molecule has 1 unspecified atom stereocenters. The minimum Gasteiger partial charge on any atom is -0.508 e. The number of amides is 1. The quantitative estimate of drug-likeness (QED) is 0.603. The molecule has 3 aromatic rings. The first-order valence-electron chi connectivity index (χ1n) is 9.03. The van der Waals surface area contributed by atoms with Gasteiger partial charge in [-0.05, 0) is 42.0 Å². The molecule has 29 heavy (non-hydrogen) atoms. The summed E-state index contributed by atoms with van der Waals surface area (Å²) in [7, 11) is 3.07. The van der Waals surface area contributed by atoms with Crippen molar-refractivity contribution in [2.45, 2.75) is 12.3 Å². The average molecular weight is 414 g/mol. The van der Waals surface area contributed by atoms with Crippen molar-refractivity contribution in [2.24, 2.45) is 0 Å². The highest BCUT2D eigenvalue weighted by Crippen LogP contribution is 2.43. The lowest BCUT2D eigenvalue weighted by atomic mass is 9.96. The van der Waals surface area contributed by atoms with E-state index in [2.05, 4.69) is 10.2 Å². The van der Waals surface area contributed by atoms with Crippen LogP contribution in [0.25, 0.3) is 11.3 Å². The van der Waals surface area contributed by atoms with E-state index in [0.29, 0.717) is 16.4 Å². The zero-order valence-electron chi connectivity index (χ0n) is 15.9. The van der Waals surface area contributed by atoms with Crippen LogP contribution in [0, 0.1) is 0 Å². The summed E-state index contributed by atoms with van der Waals surface area (Å²) in [4.78, 5) is 14.9. The maximum atomic E-state index is 13.2. The van der Waals surface area contributed by atoms with E-state index >= 15 is 0 Å². The van der Waals surface area contributed by atoms with Gasteiger partial charge in [-0.2, -0.15) is 5.10 Å². The van der Waals surface area contributed by atoms with Crippen LogP contribution in [0.1, 0.15) is 27.7 Å². The number of halogens is 1. The first kappa shape index (κ1) is 19.4. The van der Waals surface area contributed by atoms with Gasteiger partial charge in [-0.25, -0.2) is 0 Å². The Morgan fingerprint density at radius 3 is 2.41 bits per heavy atom. The van der Waals surface area contributed by atoms with Crippen LogP contribution in [0.3, 0.4) is 0 Å². The molecule has 4 rings (SSSR count). The monoisotopic (exact) mass is 413 g/mol. The molecule has 1 aromatic heterocycles. The van der Waals surface area contributed by atoms with Crippen LogP contribution in [-0.4, -0.2) is 53.2 Å². The van der Waals surface area contributed by atoms with E-state index in [4.69, 9.17) is 21.1 Å². The Balaban J connectivity index is 1.84. The van der Waals surface area contributed by atoms with Crippen LogP contribution in [0.15, 0.2) is 48.5 Å². The Kier molecular flexibility index (Phi) is 5.27. The molecule has 150 valence electrons. The lowest BCUT2D eigenvalue weighted by molar-refractivity contribution is -0.113. The topological polar surface area (TPSA) is 87.7 Å². The van der Waals surface area contributed by atoms with Gasteiger partial charge in [-0.1, -0.05) is 23.7 Å². The molecule has 0 spiro atoms. The second-order valence-corrected chi connectivity index (χ2v) is 7.16. The molecule has 2 aromatic carbocycles. The molecule has 7 nitrogen and oxygen atoms in total. The second kappa shape index (κ2) is 7.87.